The van der Waals surface area contributed by atoms with Gasteiger partial charge in [0.05, 0.1) is 13.0 Å². The topological polar surface area (TPSA) is 40.5 Å². The van der Waals surface area contributed by atoms with Crippen molar-refractivity contribution in [2.24, 2.45) is 0 Å². The summed E-state index contributed by atoms with van der Waals surface area (Å²) < 4.78 is 0. The number of carbonyl (C=O) groups excluding carboxylic acids is 1. The minimum Gasteiger partial charge on any atom is -0.395 e. The predicted molar refractivity (Wildman–Crippen MR) is 57.7 cm³/mol. The quantitative estimate of drug-likeness (QED) is 0.822. The van der Waals surface area contributed by atoms with Gasteiger partial charge < -0.3 is 10.0 Å². The molecule has 4 heteroatoms. The van der Waals surface area contributed by atoms with Gasteiger partial charge in [0.2, 0.25) is 5.91 Å². The fourth-order valence-corrected chi connectivity index (χ4v) is 2.00. The number of rotatable bonds is 2. The first-order valence-corrected chi connectivity index (χ1v) is 5.24. The molecule has 0 atom stereocenters. The second-order valence-electron chi connectivity index (χ2n) is 3.63. The third-order valence-electron chi connectivity index (χ3n) is 2.59. The van der Waals surface area contributed by atoms with E-state index in [-0.39, 0.29) is 12.5 Å². The summed E-state index contributed by atoms with van der Waals surface area (Å²) in [6.07, 6.45) is 0.385. The summed E-state index contributed by atoms with van der Waals surface area (Å²) in [5, 5.41) is 9.48. The maximum absolute atomic E-state index is 11.6. The monoisotopic (exact) mass is 225 g/mol. The molecule has 2 rings (SSSR count). The fraction of sp³-hybridized carbons (Fsp3) is 0.364. The molecule has 1 amide bonds. The van der Waals surface area contributed by atoms with Crippen molar-refractivity contribution in [3.05, 3.63) is 34.3 Å². The van der Waals surface area contributed by atoms with Gasteiger partial charge in [-0.2, -0.15) is 0 Å². The third kappa shape index (κ3) is 2.13. The number of halogens is 1. The lowest BCUT2D eigenvalue weighted by atomic mass is 9.99. The SMILES string of the molecule is O=C1Cc2cc(Cl)ccc2CN1CCO. The Balaban J connectivity index is 2.26. The summed E-state index contributed by atoms with van der Waals surface area (Å²) >= 11 is 5.86. The molecule has 80 valence electrons. The molecule has 1 N–H and O–H groups in total. The van der Waals surface area contributed by atoms with Crippen molar-refractivity contribution in [1.29, 1.82) is 0 Å². The minimum atomic E-state index is 0.00859. The summed E-state index contributed by atoms with van der Waals surface area (Å²) in [5.74, 6) is 0.0545. The molecule has 0 unspecified atom stereocenters. The van der Waals surface area contributed by atoms with E-state index >= 15 is 0 Å². The summed E-state index contributed by atoms with van der Waals surface area (Å²) in [6.45, 7) is 0.988. The van der Waals surface area contributed by atoms with Crippen LogP contribution in [0.25, 0.3) is 0 Å². The molecule has 1 aromatic carbocycles. The standard InChI is InChI=1S/C11H12ClNO2/c12-10-2-1-8-7-13(3-4-14)11(15)6-9(8)5-10/h1-2,5,14H,3-4,6-7H2. The van der Waals surface area contributed by atoms with Crippen LogP contribution in [0.2, 0.25) is 5.02 Å². The lowest BCUT2D eigenvalue weighted by Gasteiger charge is -2.28. The molecule has 0 fully saturated rings. The van der Waals surface area contributed by atoms with E-state index in [1.165, 1.54) is 0 Å². The Morgan fingerprint density at radius 3 is 2.93 bits per heavy atom. The normalized spacial score (nSPS) is 15.3. The van der Waals surface area contributed by atoms with Crippen LogP contribution in [0.1, 0.15) is 11.1 Å². The molecule has 1 aliphatic heterocycles. The molecule has 0 radical (unpaired) electrons. The zero-order valence-corrected chi connectivity index (χ0v) is 9.00. The Labute approximate surface area is 93.3 Å². The molecule has 3 nitrogen and oxygen atoms in total. The summed E-state index contributed by atoms with van der Waals surface area (Å²) in [4.78, 5) is 13.3. The molecular weight excluding hydrogens is 214 g/mol. The van der Waals surface area contributed by atoms with Crippen molar-refractivity contribution in [1.82, 2.24) is 4.90 Å². The van der Waals surface area contributed by atoms with E-state index in [1.54, 1.807) is 4.90 Å². The first-order valence-electron chi connectivity index (χ1n) is 4.86. The molecule has 0 bridgehead atoms. The smallest absolute Gasteiger partial charge is 0.227 e. The fourth-order valence-electron chi connectivity index (χ4n) is 1.81. The Bertz CT molecular complexity index is 392. The molecule has 0 saturated heterocycles. The van der Waals surface area contributed by atoms with Gasteiger partial charge in [-0.1, -0.05) is 17.7 Å². The van der Waals surface area contributed by atoms with Gasteiger partial charge in [-0.25, -0.2) is 0 Å². The van der Waals surface area contributed by atoms with Crippen LogP contribution < -0.4 is 0 Å². The lowest BCUT2D eigenvalue weighted by molar-refractivity contribution is -0.132. The van der Waals surface area contributed by atoms with Crippen LogP contribution in [0.5, 0.6) is 0 Å². The number of benzene rings is 1. The maximum atomic E-state index is 11.6. The summed E-state index contributed by atoms with van der Waals surface area (Å²) in [5.41, 5.74) is 2.12. The number of β-amino-alcohol motifs (C(OH)–C–C–N with tert-alkyl or cyclic N) is 1. The van der Waals surface area contributed by atoms with Crippen molar-refractivity contribution in [3.63, 3.8) is 0 Å². The molecule has 1 aromatic rings. The highest BCUT2D eigenvalue weighted by molar-refractivity contribution is 6.30. The van der Waals surface area contributed by atoms with E-state index in [0.717, 1.165) is 11.1 Å². The largest absolute Gasteiger partial charge is 0.395 e. The van der Waals surface area contributed by atoms with Crippen molar-refractivity contribution in [2.45, 2.75) is 13.0 Å². The molecule has 1 aliphatic rings. The van der Waals surface area contributed by atoms with Crippen LogP contribution in [0.15, 0.2) is 18.2 Å². The molecule has 0 saturated carbocycles. The van der Waals surface area contributed by atoms with Crippen LogP contribution in [-0.4, -0.2) is 29.1 Å². The first-order chi connectivity index (χ1) is 7.20. The van der Waals surface area contributed by atoms with Crippen LogP contribution in [-0.2, 0) is 17.8 Å². The van der Waals surface area contributed by atoms with E-state index in [2.05, 4.69) is 0 Å². The van der Waals surface area contributed by atoms with Crippen LogP contribution in [0.3, 0.4) is 0 Å². The Hall–Kier alpha value is -1.06. The Kier molecular flexibility index (Phi) is 2.93. The minimum absolute atomic E-state index is 0.00859. The molecular formula is C11H12ClNO2. The Morgan fingerprint density at radius 2 is 2.20 bits per heavy atom. The van der Waals surface area contributed by atoms with Gasteiger partial charge in [0.25, 0.3) is 0 Å². The van der Waals surface area contributed by atoms with Gasteiger partial charge in [-0.3, -0.25) is 4.79 Å². The van der Waals surface area contributed by atoms with Crippen LogP contribution in [0.4, 0.5) is 0 Å². The van der Waals surface area contributed by atoms with Gasteiger partial charge in [-0.05, 0) is 23.3 Å². The highest BCUT2D eigenvalue weighted by Crippen LogP contribution is 2.22. The average molecular weight is 226 g/mol. The van der Waals surface area contributed by atoms with E-state index in [4.69, 9.17) is 16.7 Å². The number of hydrogen-bond donors (Lipinski definition) is 1. The number of nitrogens with zero attached hydrogens (tertiary/aromatic N) is 1. The van der Waals surface area contributed by atoms with E-state index in [1.807, 2.05) is 18.2 Å². The lowest BCUT2D eigenvalue weighted by Crippen LogP contribution is -2.37. The number of carbonyl (C=O) groups is 1. The average Bonchev–Trinajstić information content (AvgIpc) is 2.20. The number of amides is 1. The molecule has 0 spiro atoms. The highest BCUT2D eigenvalue weighted by Gasteiger charge is 2.22. The number of aliphatic hydroxyl groups is 1. The number of aliphatic hydroxyl groups excluding tert-OH is 1. The second kappa shape index (κ2) is 4.21. The first kappa shape index (κ1) is 10.5. The zero-order chi connectivity index (χ0) is 10.8. The van der Waals surface area contributed by atoms with Crippen molar-refractivity contribution in [2.75, 3.05) is 13.2 Å². The molecule has 15 heavy (non-hydrogen) atoms. The number of fused-ring (bicyclic) bond motifs is 1. The van der Waals surface area contributed by atoms with Gasteiger partial charge in [-0.15, -0.1) is 0 Å². The van der Waals surface area contributed by atoms with E-state index in [9.17, 15) is 4.79 Å². The van der Waals surface area contributed by atoms with Crippen LogP contribution in [0, 0.1) is 0 Å². The Morgan fingerprint density at radius 1 is 1.40 bits per heavy atom. The van der Waals surface area contributed by atoms with Crippen molar-refractivity contribution >= 4 is 17.5 Å². The van der Waals surface area contributed by atoms with E-state index in [0.29, 0.717) is 24.5 Å². The molecule has 0 aliphatic carbocycles. The van der Waals surface area contributed by atoms with E-state index < -0.39 is 0 Å². The molecule has 0 aromatic heterocycles. The maximum Gasteiger partial charge on any atom is 0.227 e. The van der Waals surface area contributed by atoms with Gasteiger partial charge in [0.1, 0.15) is 0 Å². The highest BCUT2D eigenvalue weighted by atomic mass is 35.5. The van der Waals surface area contributed by atoms with Gasteiger partial charge >= 0.3 is 0 Å². The third-order valence-corrected chi connectivity index (χ3v) is 2.83. The van der Waals surface area contributed by atoms with Crippen LogP contribution >= 0.6 is 11.6 Å². The van der Waals surface area contributed by atoms with Gasteiger partial charge in [0.15, 0.2) is 0 Å². The predicted octanol–water partition coefficient (Wildman–Crippen LogP) is 1.22. The summed E-state index contributed by atoms with van der Waals surface area (Å²) in [6, 6.07) is 5.60. The zero-order valence-electron chi connectivity index (χ0n) is 8.24. The van der Waals surface area contributed by atoms with Crippen molar-refractivity contribution in [3.8, 4) is 0 Å². The van der Waals surface area contributed by atoms with Gasteiger partial charge in [0, 0.05) is 18.1 Å². The molecule has 1 heterocycles. The summed E-state index contributed by atoms with van der Waals surface area (Å²) in [7, 11) is 0. The second-order valence-corrected chi connectivity index (χ2v) is 4.07. The van der Waals surface area contributed by atoms with Crippen molar-refractivity contribution < 1.29 is 9.90 Å². The number of hydrogen-bond acceptors (Lipinski definition) is 2.